The second kappa shape index (κ2) is 10.1. The number of benzene rings is 3. The number of nitrogens with one attached hydrogen (secondary N) is 2. The van der Waals surface area contributed by atoms with Crippen LogP contribution in [0.3, 0.4) is 0 Å². The molecule has 34 heavy (non-hydrogen) atoms. The molecule has 7 nitrogen and oxygen atoms in total. The largest absolute Gasteiger partial charge is 0.497 e. The number of hydrazine groups is 1. The molecule has 0 aliphatic rings. The molecule has 0 radical (unpaired) electrons. The molecule has 0 unspecified atom stereocenters. The van der Waals surface area contributed by atoms with E-state index < -0.39 is 11.5 Å². The predicted octanol–water partition coefficient (Wildman–Crippen LogP) is 4.71. The monoisotopic (exact) mass is 455 g/mol. The normalized spacial score (nSPS) is 11.0. The Balaban J connectivity index is 1.96. The molecule has 4 rings (SSSR count). The minimum Gasteiger partial charge on any atom is -0.497 e. The maximum Gasteiger partial charge on any atom is 0.339 e. The summed E-state index contributed by atoms with van der Waals surface area (Å²) in [7, 11) is 3.21. The van der Waals surface area contributed by atoms with E-state index in [1.807, 2.05) is 78.9 Å². The molecule has 3 aromatic carbocycles. The van der Waals surface area contributed by atoms with E-state index in [4.69, 9.17) is 9.47 Å². The SMILES string of the molecule is COc1ccc(C(NNc2ncccc2C(=O)O)(c2ccccc2)c2ccccc2)c(OC)c1. The molecule has 3 N–H and O–H groups in total. The van der Waals surface area contributed by atoms with Crippen LogP contribution in [0.4, 0.5) is 5.82 Å². The maximum atomic E-state index is 11.8. The zero-order chi connectivity index (χ0) is 24.0. The number of carboxylic acid groups (broad SMARTS) is 1. The van der Waals surface area contributed by atoms with Crippen molar-refractivity contribution >= 4 is 11.8 Å². The number of nitrogens with zero attached hydrogens (tertiary/aromatic N) is 1. The minimum atomic E-state index is -1.08. The number of ether oxygens (including phenoxy) is 2. The zero-order valence-electron chi connectivity index (χ0n) is 18.9. The summed E-state index contributed by atoms with van der Waals surface area (Å²) < 4.78 is 11.2. The summed E-state index contributed by atoms with van der Waals surface area (Å²) in [5.41, 5.74) is 8.17. The number of carbonyl (C=O) groups is 1. The molecular formula is C27H25N3O4. The van der Waals surface area contributed by atoms with E-state index in [0.717, 1.165) is 16.7 Å². The Bertz CT molecular complexity index is 1220. The molecule has 1 aromatic heterocycles. The molecule has 0 aliphatic carbocycles. The van der Waals surface area contributed by atoms with Crippen LogP contribution in [-0.2, 0) is 5.54 Å². The van der Waals surface area contributed by atoms with Crippen LogP contribution < -0.4 is 20.3 Å². The first-order valence-corrected chi connectivity index (χ1v) is 10.6. The van der Waals surface area contributed by atoms with Crippen molar-refractivity contribution in [3.8, 4) is 11.5 Å². The number of carboxylic acids is 1. The summed E-state index contributed by atoms with van der Waals surface area (Å²) in [4.78, 5) is 16.0. The van der Waals surface area contributed by atoms with Crippen molar-refractivity contribution in [2.75, 3.05) is 19.6 Å². The van der Waals surface area contributed by atoms with Crippen molar-refractivity contribution in [3.63, 3.8) is 0 Å². The lowest BCUT2D eigenvalue weighted by Gasteiger charge is -2.38. The third-order valence-electron chi connectivity index (χ3n) is 5.63. The van der Waals surface area contributed by atoms with Crippen molar-refractivity contribution in [3.05, 3.63) is 119 Å². The first kappa shape index (κ1) is 22.8. The van der Waals surface area contributed by atoms with Crippen molar-refractivity contribution < 1.29 is 19.4 Å². The molecular weight excluding hydrogens is 430 g/mol. The average Bonchev–Trinajstić information content (AvgIpc) is 2.90. The summed E-state index contributed by atoms with van der Waals surface area (Å²) in [5, 5.41) is 9.64. The van der Waals surface area contributed by atoms with Crippen molar-refractivity contribution in [1.29, 1.82) is 0 Å². The van der Waals surface area contributed by atoms with Crippen LogP contribution in [0.5, 0.6) is 11.5 Å². The topological polar surface area (TPSA) is 92.7 Å². The Hall–Kier alpha value is -4.36. The van der Waals surface area contributed by atoms with Gasteiger partial charge in [-0.2, -0.15) is 0 Å². The van der Waals surface area contributed by atoms with Crippen molar-refractivity contribution in [2.24, 2.45) is 0 Å². The highest BCUT2D eigenvalue weighted by Gasteiger charge is 2.39. The van der Waals surface area contributed by atoms with Gasteiger partial charge in [-0.1, -0.05) is 60.7 Å². The third-order valence-corrected chi connectivity index (χ3v) is 5.63. The van der Waals surface area contributed by atoms with E-state index >= 15 is 0 Å². The summed E-state index contributed by atoms with van der Waals surface area (Å²) in [5.74, 6) is 0.366. The number of pyridine rings is 1. The highest BCUT2D eigenvalue weighted by Crippen LogP contribution is 2.42. The smallest absolute Gasteiger partial charge is 0.339 e. The van der Waals surface area contributed by atoms with E-state index in [0.29, 0.717) is 11.5 Å². The van der Waals surface area contributed by atoms with E-state index in [2.05, 4.69) is 15.8 Å². The van der Waals surface area contributed by atoms with Gasteiger partial charge in [-0.3, -0.25) is 0 Å². The fourth-order valence-electron chi connectivity index (χ4n) is 4.00. The van der Waals surface area contributed by atoms with E-state index in [1.165, 1.54) is 12.3 Å². The molecule has 7 heteroatoms. The summed E-state index contributed by atoms with van der Waals surface area (Å²) in [6, 6.07) is 28.4. The van der Waals surface area contributed by atoms with Gasteiger partial charge < -0.3 is 20.0 Å². The summed E-state index contributed by atoms with van der Waals surface area (Å²) in [6.45, 7) is 0. The molecule has 0 saturated heterocycles. The minimum absolute atomic E-state index is 0.0479. The van der Waals surface area contributed by atoms with Crippen LogP contribution in [0.15, 0.2) is 97.2 Å². The Morgan fingerprint density at radius 2 is 1.50 bits per heavy atom. The number of methoxy groups -OCH3 is 2. The number of hydrogen-bond donors (Lipinski definition) is 3. The van der Waals surface area contributed by atoms with Gasteiger partial charge in [0.05, 0.1) is 14.2 Å². The van der Waals surface area contributed by atoms with Crippen LogP contribution in [0.2, 0.25) is 0 Å². The first-order chi connectivity index (χ1) is 16.6. The average molecular weight is 456 g/mol. The molecule has 1 heterocycles. The molecule has 0 aliphatic heterocycles. The second-order valence-corrected chi connectivity index (χ2v) is 7.50. The molecule has 0 bridgehead atoms. The fraction of sp³-hybridized carbons (Fsp3) is 0.111. The highest BCUT2D eigenvalue weighted by molar-refractivity contribution is 5.92. The molecule has 4 aromatic rings. The molecule has 0 fully saturated rings. The fourth-order valence-corrected chi connectivity index (χ4v) is 4.00. The Labute approximate surface area is 198 Å². The van der Waals surface area contributed by atoms with Gasteiger partial charge in [0, 0.05) is 17.8 Å². The first-order valence-electron chi connectivity index (χ1n) is 10.6. The van der Waals surface area contributed by atoms with E-state index in [1.54, 1.807) is 20.3 Å². The Morgan fingerprint density at radius 3 is 2.06 bits per heavy atom. The van der Waals surface area contributed by atoms with Gasteiger partial charge in [-0.15, -0.1) is 0 Å². The van der Waals surface area contributed by atoms with Gasteiger partial charge in [0.1, 0.15) is 22.6 Å². The van der Waals surface area contributed by atoms with Crippen LogP contribution in [-0.4, -0.2) is 30.3 Å². The molecule has 0 spiro atoms. The van der Waals surface area contributed by atoms with Crippen LogP contribution in [0.1, 0.15) is 27.0 Å². The Kier molecular flexibility index (Phi) is 6.75. The molecule has 0 saturated carbocycles. The van der Waals surface area contributed by atoms with Crippen LogP contribution >= 0.6 is 0 Å². The Morgan fingerprint density at radius 1 is 0.853 bits per heavy atom. The molecule has 0 atom stereocenters. The highest BCUT2D eigenvalue weighted by atomic mass is 16.5. The quantitative estimate of drug-likeness (QED) is 0.249. The third kappa shape index (κ3) is 4.29. The summed E-state index contributed by atoms with van der Waals surface area (Å²) in [6.07, 6.45) is 1.54. The van der Waals surface area contributed by atoms with Crippen molar-refractivity contribution in [2.45, 2.75) is 5.54 Å². The van der Waals surface area contributed by atoms with Crippen LogP contribution in [0.25, 0.3) is 0 Å². The zero-order valence-corrected chi connectivity index (χ0v) is 18.9. The lowest BCUT2D eigenvalue weighted by molar-refractivity contribution is 0.0697. The number of aromatic carboxylic acids is 1. The second-order valence-electron chi connectivity index (χ2n) is 7.50. The van der Waals surface area contributed by atoms with Gasteiger partial charge in [0.2, 0.25) is 0 Å². The molecule has 0 amide bonds. The summed E-state index contributed by atoms with van der Waals surface area (Å²) >= 11 is 0. The van der Waals surface area contributed by atoms with Gasteiger partial charge in [-0.25, -0.2) is 15.2 Å². The number of aromatic nitrogens is 1. The lowest BCUT2D eigenvalue weighted by atomic mass is 9.77. The number of rotatable bonds is 9. The van der Waals surface area contributed by atoms with Gasteiger partial charge in [-0.05, 0) is 35.4 Å². The lowest BCUT2D eigenvalue weighted by Crippen LogP contribution is -2.48. The van der Waals surface area contributed by atoms with E-state index in [-0.39, 0.29) is 11.4 Å². The number of anilines is 1. The molecule has 172 valence electrons. The number of hydrogen-bond acceptors (Lipinski definition) is 6. The van der Waals surface area contributed by atoms with Gasteiger partial charge in [0.25, 0.3) is 0 Å². The maximum absolute atomic E-state index is 11.8. The van der Waals surface area contributed by atoms with Crippen molar-refractivity contribution in [1.82, 2.24) is 10.4 Å². The predicted molar refractivity (Wildman–Crippen MR) is 130 cm³/mol. The van der Waals surface area contributed by atoms with Gasteiger partial charge >= 0.3 is 5.97 Å². The van der Waals surface area contributed by atoms with Gasteiger partial charge in [0.15, 0.2) is 5.82 Å². The van der Waals surface area contributed by atoms with Crippen LogP contribution in [0, 0.1) is 0 Å². The van der Waals surface area contributed by atoms with E-state index in [9.17, 15) is 9.90 Å². The standard InChI is InChI=1S/C27H25N3O4/c1-33-21-15-16-23(24(18-21)34-2)27(19-10-5-3-6-11-19,20-12-7-4-8-13-20)30-29-25-22(26(31)32)14-9-17-28-25/h3-18,30H,1-2H3,(H,28,29)(H,31,32).